The highest BCUT2D eigenvalue weighted by Crippen LogP contribution is 2.34. The van der Waals surface area contributed by atoms with Crippen LogP contribution in [0.4, 0.5) is 10.5 Å². The van der Waals surface area contributed by atoms with Gasteiger partial charge in [-0.1, -0.05) is 17.7 Å². The van der Waals surface area contributed by atoms with E-state index in [2.05, 4.69) is 5.32 Å². The summed E-state index contributed by atoms with van der Waals surface area (Å²) in [6.45, 7) is 1.70. The van der Waals surface area contributed by atoms with Gasteiger partial charge in [-0.25, -0.2) is 4.79 Å². The largest absolute Gasteiger partial charge is 0.493 e. The Labute approximate surface area is 192 Å². The number of amides is 4. The molecule has 4 amide bonds. The summed E-state index contributed by atoms with van der Waals surface area (Å²) in [7, 11) is 1.42. The van der Waals surface area contributed by atoms with Gasteiger partial charge in [0, 0.05) is 5.69 Å². The second kappa shape index (κ2) is 11.0. The SMILES string of the molecule is COc1cc(/C=C(/C#N)C(=O)NC(N)=O)cc(I)c1OCC(=O)Nc1ccc(C)cc1. The monoisotopic (exact) mass is 534 g/mol. The van der Waals surface area contributed by atoms with Gasteiger partial charge in [-0.2, -0.15) is 5.26 Å². The number of carbonyl (C=O) groups is 3. The summed E-state index contributed by atoms with van der Waals surface area (Å²) in [5, 5.41) is 13.7. The summed E-state index contributed by atoms with van der Waals surface area (Å²) in [5.41, 5.74) is 6.77. The van der Waals surface area contributed by atoms with Crippen LogP contribution in [0.2, 0.25) is 0 Å². The first kappa shape index (κ1) is 23.7. The molecule has 0 heterocycles. The summed E-state index contributed by atoms with van der Waals surface area (Å²) in [4.78, 5) is 34.8. The molecule has 0 bridgehead atoms. The molecule has 10 heteroatoms. The highest BCUT2D eigenvalue weighted by Gasteiger charge is 2.16. The number of halogens is 1. The number of hydrogen-bond donors (Lipinski definition) is 3. The van der Waals surface area contributed by atoms with Crippen molar-refractivity contribution in [2.75, 3.05) is 19.0 Å². The van der Waals surface area contributed by atoms with E-state index in [0.29, 0.717) is 26.3 Å². The fourth-order valence-electron chi connectivity index (χ4n) is 2.43. The normalized spacial score (nSPS) is 10.6. The zero-order valence-corrected chi connectivity index (χ0v) is 18.8. The van der Waals surface area contributed by atoms with E-state index in [1.807, 2.05) is 47.0 Å². The van der Waals surface area contributed by atoms with Gasteiger partial charge in [0.05, 0.1) is 10.7 Å². The molecule has 160 valence electrons. The van der Waals surface area contributed by atoms with Gasteiger partial charge in [0.2, 0.25) is 0 Å². The van der Waals surface area contributed by atoms with E-state index in [4.69, 9.17) is 20.5 Å². The fraction of sp³-hybridized carbons (Fsp3) is 0.143. The van der Waals surface area contributed by atoms with Gasteiger partial charge in [-0.15, -0.1) is 0 Å². The second-order valence-electron chi connectivity index (χ2n) is 6.23. The predicted octanol–water partition coefficient (Wildman–Crippen LogP) is 2.73. The van der Waals surface area contributed by atoms with Gasteiger partial charge in [0.25, 0.3) is 11.8 Å². The lowest BCUT2D eigenvalue weighted by atomic mass is 10.1. The van der Waals surface area contributed by atoms with Crippen LogP contribution in [0.15, 0.2) is 42.0 Å². The molecule has 0 aliphatic heterocycles. The van der Waals surface area contributed by atoms with Crippen LogP contribution in [-0.2, 0) is 9.59 Å². The number of carbonyl (C=O) groups excluding carboxylic acids is 3. The van der Waals surface area contributed by atoms with Crippen molar-refractivity contribution in [3.63, 3.8) is 0 Å². The van der Waals surface area contributed by atoms with E-state index < -0.39 is 11.9 Å². The molecule has 9 nitrogen and oxygen atoms in total. The van der Waals surface area contributed by atoms with Gasteiger partial charge < -0.3 is 20.5 Å². The average Bonchev–Trinajstić information content (AvgIpc) is 2.71. The van der Waals surface area contributed by atoms with Gasteiger partial charge in [0.1, 0.15) is 11.6 Å². The van der Waals surface area contributed by atoms with Crippen molar-refractivity contribution < 1.29 is 23.9 Å². The maximum absolute atomic E-state index is 12.2. The third-order valence-corrected chi connectivity index (χ3v) is 4.65. The molecule has 0 aliphatic carbocycles. The van der Waals surface area contributed by atoms with Crippen LogP contribution in [0.5, 0.6) is 11.5 Å². The molecule has 31 heavy (non-hydrogen) atoms. The molecule has 2 aromatic rings. The molecule has 0 atom stereocenters. The average molecular weight is 534 g/mol. The molecule has 0 saturated carbocycles. The Morgan fingerprint density at radius 3 is 2.48 bits per heavy atom. The minimum absolute atomic E-state index is 0.250. The van der Waals surface area contributed by atoms with Crippen LogP contribution < -0.4 is 25.8 Å². The number of nitriles is 1. The van der Waals surface area contributed by atoms with E-state index in [9.17, 15) is 14.4 Å². The lowest BCUT2D eigenvalue weighted by Crippen LogP contribution is -2.35. The molecule has 0 radical (unpaired) electrons. The number of nitrogens with zero attached hydrogens (tertiary/aromatic N) is 1. The quantitative estimate of drug-likeness (QED) is 0.283. The number of primary amides is 1. The molecule has 2 rings (SSSR count). The maximum atomic E-state index is 12.2. The zero-order chi connectivity index (χ0) is 23.0. The number of nitrogens with one attached hydrogen (secondary N) is 2. The lowest BCUT2D eigenvalue weighted by Gasteiger charge is -2.14. The minimum atomic E-state index is -1.06. The maximum Gasteiger partial charge on any atom is 0.319 e. The number of nitrogens with two attached hydrogens (primary N) is 1. The van der Waals surface area contributed by atoms with Crippen molar-refractivity contribution in [1.82, 2.24) is 5.32 Å². The number of methoxy groups -OCH3 is 1. The van der Waals surface area contributed by atoms with Gasteiger partial charge in [0.15, 0.2) is 18.1 Å². The van der Waals surface area contributed by atoms with Crippen LogP contribution in [0.3, 0.4) is 0 Å². The van der Waals surface area contributed by atoms with E-state index in [0.717, 1.165) is 5.56 Å². The molecule has 0 saturated heterocycles. The summed E-state index contributed by atoms with van der Waals surface area (Å²) in [6.07, 6.45) is 1.27. The number of anilines is 1. The number of benzene rings is 2. The molecule has 0 aliphatic rings. The molecule has 2 aromatic carbocycles. The molecular weight excluding hydrogens is 515 g/mol. The van der Waals surface area contributed by atoms with Crippen molar-refractivity contribution in [3.8, 4) is 17.6 Å². The van der Waals surface area contributed by atoms with Crippen LogP contribution >= 0.6 is 22.6 Å². The summed E-state index contributed by atoms with van der Waals surface area (Å²) >= 11 is 1.98. The van der Waals surface area contributed by atoms with Crippen molar-refractivity contribution in [2.45, 2.75) is 6.92 Å². The Morgan fingerprint density at radius 1 is 1.23 bits per heavy atom. The van der Waals surface area contributed by atoms with E-state index in [1.54, 1.807) is 24.3 Å². The number of ether oxygens (including phenoxy) is 2. The summed E-state index contributed by atoms with van der Waals surface area (Å²) in [6, 6.07) is 11.2. The second-order valence-corrected chi connectivity index (χ2v) is 7.39. The first-order valence-corrected chi connectivity index (χ1v) is 9.90. The van der Waals surface area contributed by atoms with Crippen LogP contribution in [0.25, 0.3) is 6.08 Å². The standard InChI is InChI=1S/C21H19IN4O5/c1-12-3-5-15(6-4-12)25-18(27)11-31-19-16(22)8-13(9-17(19)30-2)7-14(10-23)20(28)26-21(24)29/h3-9H,11H2,1-2H3,(H,25,27)(H3,24,26,28,29)/b14-7-. The van der Waals surface area contributed by atoms with Gasteiger partial charge in [-0.05, 0) is 65.4 Å². The van der Waals surface area contributed by atoms with E-state index >= 15 is 0 Å². The molecular formula is C21H19IN4O5. The van der Waals surface area contributed by atoms with Crippen LogP contribution in [0, 0.1) is 21.8 Å². The number of aryl methyl sites for hydroxylation is 1. The Morgan fingerprint density at radius 2 is 1.90 bits per heavy atom. The minimum Gasteiger partial charge on any atom is -0.493 e. The topological polar surface area (TPSA) is 144 Å². The number of urea groups is 1. The molecule has 4 N–H and O–H groups in total. The summed E-state index contributed by atoms with van der Waals surface area (Å²) in [5.74, 6) is -0.633. The van der Waals surface area contributed by atoms with Gasteiger partial charge in [-0.3, -0.25) is 14.9 Å². The number of imide groups is 1. The van der Waals surface area contributed by atoms with Crippen LogP contribution in [0.1, 0.15) is 11.1 Å². The molecule has 0 fully saturated rings. The molecule has 0 spiro atoms. The van der Waals surface area contributed by atoms with Gasteiger partial charge >= 0.3 is 6.03 Å². The smallest absolute Gasteiger partial charge is 0.319 e. The van der Waals surface area contributed by atoms with E-state index in [1.165, 1.54) is 19.3 Å². The Balaban J connectivity index is 2.16. The molecule has 0 unspecified atom stereocenters. The number of hydrogen-bond acceptors (Lipinski definition) is 6. The fourth-order valence-corrected chi connectivity index (χ4v) is 3.21. The highest BCUT2D eigenvalue weighted by molar-refractivity contribution is 14.1. The Hall–Kier alpha value is -3.59. The van der Waals surface area contributed by atoms with E-state index in [-0.39, 0.29) is 18.1 Å². The van der Waals surface area contributed by atoms with Crippen LogP contribution in [-0.4, -0.2) is 31.6 Å². The lowest BCUT2D eigenvalue weighted by molar-refractivity contribution is -0.118. The zero-order valence-electron chi connectivity index (χ0n) is 16.7. The highest BCUT2D eigenvalue weighted by atomic mass is 127. The molecule has 0 aromatic heterocycles. The van der Waals surface area contributed by atoms with Crippen molar-refractivity contribution >= 4 is 52.2 Å². The third kappa shape index (κ3) is 7.00. The first-order valence-electron chi connectivity index (χ1n) is 8.83. The predicted molar refractivity (Wildman–Crippen MR) is 122 cm³/mol. The Bertz CT molecular complexity index is 1070. The summed E-state index contributed by atoms with van der Waals surface area (Å²) < 4.78 is 11.5. The Kier molecular flexibility index (Phi) is 8.39. The van der Waals surface area contributed by atoms with Crippen molar-refractivity contribution in [2.24, 2.45) is 5.73 Å². The first-order chi connectivity index (χ1) is 14.7. The number of rotatable bonds is 7. The third-order valence-electron chi connectivity index (χ3n) is 3.85. The van der Waals surface area contributed by atoms with Crippen molar-refractivity contribution in [3.05, 3.63) is 56.7 Å². The van der Waals surface area contributed by atoms with Crippen molar-refractivity contribution in [1.29, 1.82) is 5.26 Å².